The number of carbonyl (C=O) groups excluding carboxylic acids is 2. The molecule has 118 valence electrons. The van der Waals surface area contributed by atoms with E-state index in [9.17, 15) is 9.59 Å². The van der Waals surface area contributed by atoms with E-state index in [-0.39, 0.29) is 24.0 Å². The largest absolute Gasteiger partial charge is 0.466 e. The number of esters is 1. The zero-order valence-electron chi connectivity index (χ0n) is 12.9. The molecule has 0 aliphatic heterocycles. The molecule has 0 saturated carbocycles. The average molecular weight is 313 g/mol. The molecule has 1 rings (SSSR count). The van der Waals surface area contributed by atoms with Crippen molar-refractivity contribution in [3.63, 3.8) is 0 Å². The van der Waals surface area contributed by atoms with Crippen molar-refractivity contribution in [3.05, 3.63) is 11.1 Å². The van der Waals surface area contributed by atoms with Gasteiger partial charge in [0.2, 0.25) is 5.91 Å². The number of rotatable bonds is 8. The predicted molar refractivity (Wildman–Crippen MR) is 83.4 cm³/mol. The lowest BCUT2D eigenvalue weighted by Crippen LogP contribution is -2.40. The molecule has 21 heavy (non-hydrogen) atoms. The number of anilines is 1. The van der Waals surface area contributed by atoms with Crippen molar-refractivity contribution in [2.24, 2.45) is 0 Å². The Kier molecular flexibility index (Phi) is 7.14. The van der Waals surface area contributed by atoms with Crippen LogP contribution in [0.4, 0.5) is 5.13 Å². The summed E-state index contributed by atoms with van der Waals surface area (Å²) >= 11 is 1.42. The number of aromatic nitrogens is 1. The summed E-state index contributed by atoms with van der Waals surface area (Å²) < 4.78 is 4.87. The summed E-state index contributed by atoms with van der Waals surface area (Å²) in [6, 6.07) is -0.241. The molecule has 0 fully saturated rings. The molecule has 1 unspecified atom stereocenters. The van der Waals surface area contributed by atoms with Crippen LogP contribution in [0.2, 0.25) is 0 Å². The van der Waals surface area contributed by atoms with E-state index in [4.69, 9.17) is 4.74 Å². The van der Waals surface area contributed by atoms with E-state index in [1.165, 1.54) is 11.3 Å². The Morgan fingerprint density at radius 2 is 2.10 bits per heavy atom. The summed E-state index contributed by atoms with van der Waals surface area (Å²) in [6.45, 7) is 7.80. The van der Waals surface area contributed by atoms with Gasteiger partial charge < -0.3 is 15.4 Å². The van der Waals surface area contributed by atoms with Gasteiger partial charge in [0.05, 0.1) is 18.7 Å². The average Bonchev–Trinajstić information content (AvgIpc) is 2.83. The van der Waals surface area contributed by atoms with Gasteiger partial charge >= 0.3 is 5.97 Å². The molecule has 6 nitrogen and oxygen atoms in total. The lowest BCUT2D eigenvalue weighted by Gasteiger charge is -2.15. The summed E-state index contributed by atoms with van der Waals surface area (Å²) in [4.78, 5) is 27.4. The van der Waals surface area contributed by atoms with Crippen LogP contribution in [-0.2, 0) is 20.7 Å². The third-order valence-corrected chi connectivity index (χ3v) is 3.43. The molecule has 0 aliphatic rings. The molecule has 1 atom stereocenters. The molecule has 1 amide bonds. The van der Waals surface area contributed by atoms with Gasteiger partial charge in [-0.05, 0) is 27.7 Å². The number of carbonyl (C=O) groups is 2. The first-order valence-electron chi connectivity index (χ1n) is 7.09. The number of aryl methyl sites for hydroxylation is 1. The Labute approximate surface area is 129 Å². The highest BCUT2D eigenvalue weighted by Gasteiger charge is 2.15. The van der Waals surface area contributed by atoms with Crippen LogP contribution >= 0.6 is 11.3 Å². The lowest BCUT2D eigenvalue weighted by atomic mass is 10.2. The summed E-state index contributed by atoms with van der Waals surface area (Å²) in [6.07, 6.45) is 0.865. The van der Waals surface area contributed by atoms with Crippen LogP contribution in [0.15, 0.2) is 5.38 Å². The number of nitrogens with one attached hydrogen (secondary N) is 2. The van der Waals surface area contributed by atoms with Crippen LogP contribution in [-0.4, -0.2) is 35.6 Å². The number of hydrogen-bond acceptors (Lipinski definition) is 6. The lowest BCUT2D eigenvalue weighted by molar-refractivity contribution is -0.143. The van der Waals surface area contributed by atoms with E-state index < -0.39 is 0 Å². The number of amides is 1. The fraction of sp³-hybridized carbons (Fsp3) is 0.643. The third kappa shape index (κ3) is 6.57. The van der Waals surface area contributed by atoms with Gasteiger partial charge in [-0.3, -0.25) is 9.59 Å². The van der Waals surface area contributed by atoms with Crippen molar-refractivity contribution in [3.8, 4) is 0 Å². The van der Waals surface area contributed by atoms with E-state index in [1.54, 1.807) is 13.8 Å². The number of hydrogen-bond donors (Lipinski definition) is 2. The standard InChI is InChI=1S/C14H23N3O3S/c1-5-20-12(18)7-6-11-8-21-14(17-11)16-10(4)13(19)15-9(2)3/h8-10H,5-7H2,1-4H3,(H,15,19)(H,16,17). The highest BCUT2D eigenvalue weighted by molar-refractivity contribution is 7.13. The Morgan fingerprint density at radius 3 is 2.71 bits per heavy atom. The molecular formula is C14H23N3O3S. The summed E-state index contributed by atoms with van der Waals surface area (Å²) in [5.74, 6) is -0.280. The minimum atomic E-state index is -0.351. The second-order valence-electron chi connectivity index (χ2n) is 4.98. The monoisotopic (exact) mass is 313 g/mol. The van der Waals surface area contributed by atoms with Gasteiger partial charge in [-0.15, -0.1) is 11.3 Å². The van der Waals surface area contributed by atoms with Gasteiger partial charge in [-0.2, -0.15) is 0 Å². The fourth-order valence-corrected chi connectivity index (χ4v) is 2.44. The summed E-state index contributed by atoms with van der Waals surface area (Å²) in [5, 5.41) is 8.46. The third-order valence-electron chi connectivity index (χ3n) is 2.61. The summed E-state index contributed by atoms with van der Waals surface area (Å²) in [7, 11) is 0. The minimum Gasteiger partial charge on any atom is -0.466 e. The van der Waals surface area contributed by atoms with E-state index >= 15 is 0 Å². The topological polar surface area (TPSA) is 80.3 Å². The van der Waals surface area contributed by atoms with E-state index in [0.29, 0.717) is 24.6 Å². The maximum Gasteiger partial charge on any atom is 0.306 e. The maximum atomic E-state index is 11.8. The number of thiazole rings is 1. The second-order valence-corrected chi connectivity index (χ2v) is 5.84. The molecule has 0 saturated heterocycles. The van der Waals surface area contributed by atoms with Crippen LogP contribution in [0.3, 0.4) is 0 Å². The van der Waals surface area contributed by atoms with Crippen molar-refractivity contribution in [1.29, 1.82) is 0 Å². The maximum absolute atomic E-state index is 11.8. The smallest absolute Gasteiger partial charge is 0.306 e. The first kappa shape index (κ1) is 17.4. The first-order valence-corrected chi connectivity index (χ1v) is 7.97. The Morgan fingerprint density at radius 1 is 1.38 bits per heavy atom. The molecule has 0 aromatic carbocycles. The highest BCUT2D eigenvalue weighted by atomic mass is 32.1. The predicted octanol–water partition coefficient (Wildman–Crippen LogP) is 1.96. The minimum absolute atomic E-state index is 0.0618. The molecule has 1 heterocycles. The first-order chi connectivity index (χ1) is 9.92. The van der Waals surface area contributed by atoms with Gasteiger partial charge in [0.15, 0.2) is 5.13 Å². The van der Waals surface area contributed by atoms with Crippen molar-refractivity contribution in [1.82, 2.24) is 10.3 Å². The van der Waals surface area contributed by atoms with Crippen molar-refractivity contribution < 1.29 is 14.3 Å². The number of nitrogens with zero attached hydrogens (tertiary/aromatic N) is 1. The van der Waals surface area contributed by atoms with Crippen molar-refractivity contribution in [2.75, 3.05) is 11.9 Å². The van der Waals surface area contributed by atoms with Crippen LogP contribution in [0.5, 0.6) is 0 Å². The molecule has 1 aromatic heterocycles. The van der Waals surface area contributed by atoms with Gasteiger partial charge in [-0.1, -0.05) is 0 Å². The second kappa shape index (κ2) is 8.61. The molecule has 0 bridgehead atoms. The van der Waals surface area contributed by atoms with Crippen LogP contribution in [0.1, 0.15) is 39.8 Å². The van der Waals surface area contributed by atoms with Crippen molar-refractivity contribution >= 4 is 28.3 Å². The van der Waals surface area contributed by atoms with E-state index in [2.05, 4.69) is 15.6 Å². The van der Waals surface area contributed by atoms with Crippen molar-refractivity contribution in [2.45, 2.75) is 52.6 Å². The molecule has 0 radical (unpaired) electrons. The Balaban J connectivity index is 2.44. The number of ether oxygens (including phenoxy) is 1. The van der Waals surface area contributed by atoms with Gasteiger partial charge in [-0.25, -0.2) is 4.98 Å². The van der Waals surface area contributed by atoms with E-state index in [1.807, 2.05) is 19.2 Å². The summed E-state index contributed by atoms with van der Waals surface area (Å²) in [5.41, 5.74) is 0.826. The molecule has 0 spiro atoms. The van der Waals surface area contributed by atoms with Crippen LogP contribution in [0.25, 0.3) is 0 Å². The van der Waals surface area contributed by atoms with Gasteiger partial charge in [0.25, 0.3) is 0 Å². The normalized spacial score (nSPS) is 12.0. The zero-order valence-corrected chi connectivity index (χ0v) is 13.8. The SMILES string of the molecule is CCOC(=O)CCc1csc(NC(C)C(=O)NC(C)C)n1. The quantitative estimate of drug-likeness (QED) is 0.717. The Bertz CT molecular complexity index is 474. The molecule has 1 aromatic rings. The van der Waals surface area contributed by atoms with E-state index in [0.717, 1.165) is 5.69 Å². The highest BCUT2D eigenvalue weighted by Crippen LogP contribution is 2.17. The molecule has 7 heteroatoms. The molecule has 2 N–H and O–H groups in total. The Hall–Kier alpha value is -1.63. The molecular weight excluding hydrogens is 290 g/mol. The zero-order chi connectivity index (χ0) is 15.8. The van der Waals surface area contributed by atoms with Crippen LogP contribution in [0, 0.1) is 0 Å². The van der Waals surface area contributed by atoms with Gasteiger partial charge in [0, 0.05) is 17.8 Å². The fourth-order valence-electron chi connectivity index (χ4n) is 1.61. The van der Waals surface area contributed by atoms with Crippen LogP contribution < -0.4 is 10.6 Å². The van der Waals surface area contributed by atoms with Gasteiger partial charge in [0.1, 0.15) is 6.04 Å². The molecule has 0 aliphatic carbocycles.